The molecule has 0 unspecified atom stereocenters. The average Bonchev–Trinajstić information content (AvgIpc) is 1.83. The van der Waals surface area contributed by atoms with Crippen LogP contribution < -0.4 is 0 Å². The summed E-state index contributed by atoms with van der Waals surface area (Å²) >= 11 is 0. The maximum atomic E-state index is 3.70. The van der Waals surface area contributed by atoms with Gasteiger partial charge < -0.3 is 0 Å². The maximum absolute atomic E-state index is 3.70. The molecule has 3 heteroatoms. The summed E-state index contributed by atoms with van der Waals surface area (Å²) in [6.07, 6.45) is 1.63. The Kier molecular flexibility index (Phi) is 3.84. The summed E-state index contributed by atoms with van der Waals surface area (Å²) in [7, 11) is 1.63. The van der Waals surface area contributed by atoms with Crippen molar-refractivity contribution in [2.75, 3.05) is 13.6 Å². The van der Waals surface area contributed by atoms with E-state index in [4.69, 9.17) is 0 Å². The van der Waals surface area contributed by atoms with Gasteiger partial charge in [-0.25, -0.2) is 0 Å². The molecule has 0 radical (unpaired) electrons. The van der Waals surface area contributed by atoms with E-state index in [0.717, 1.165) is 6.54 Å². The Labute approximate surface area is 49.7 Å². The third-order valence-electron chi connectivity index (χ3n) is 0.739. The zero-order valence-corrected chi connectivity index (χ0v) is 5.33. The van der Waals surface area contributed by atoms with Crippen molar-refractivity contribution >= 4 is 0 Å². The van der Waals surface area contributed by atoms with Crippen LogP contribution in [0.15, 0.2) is 23.1 Å². The molecule has 0 saturated carbocycles. The van der Waals surface area contributed by atoms with Gasteiger partial charge in [0.2, 0.25) is 0 Å². The van der Waals surface area contributed by atoms with Gasteiger partial charge >= 0.3 is 0 Å². The minimum Gasteiger partial charge on any atom is -0.255 e. The second-order valence-electron chi connectivity index (χ2n) is 1.23. The van der Waals surface area contributed by atoms with Crippen molar-refractivity contribution in [2.45, 2.75) is 6.92 Å². The van der Waals surface area contributed by atoms with Gasteiger partial charge in [0, 0.05) is 12.7 Å². The Morgan fingerprint density at radius 3 is 2.50 bits per heavy atom. The van der Waals surface area contributed by atoms with Crippen LogP contribution in [0, 0.1) is 0 Å². The summed E-state index contributed by atoms with van der Waals surface area (Å²) in [5, 5.41) is 8.91. The van der Waals surface area contributed by atoms with Crippen LogP contribution in [0.3, 0.4) is 0 Å². The topological polar surface area (TPSA) is 28.0 Å². The Bertz CT molecular complexity index is 87.7. The highest BCUT2D eigenvalue weighted by atomic mass is 15.5. The van der Waals surface area contributed by atoms with Gasteiger partial charge in [0.15, 0.2) is 0 Å². The van der Waals surface area contributed by atoms with Gasteiger partial charge in [-0.1, -0.05) is 11.8 Å². The number of hydrogen-bond acceptors (Lipinski definition) is 2. The van der Waals surface area contributed by atoms with Gasteiger partial charge in [-0.15, -0.1) is 0 Å². The first-order valence-corrected chi connectivity index (χ1v) is 2.54. The second kappa shape index (κ2) is 4.30. The molecule has 3 nitrogen and oxygen atoms in total. The highest BCUT2D eigenvalue weighted by molar-refractivity contribution is 4.62. The first-order valence-electron chi connectivity index (χ1n) is 2.54. The molecule has 0 heterocycles. The molecule has 0 atom stereocenters. The first kappa shape index (κ1) is 7.14. The summed E-state index contributed by atoms with van der Waals surface area (Å²) < 4.78 is 0. The minimum atomic E-state index is 0.820. The van der Waals surface area contributed by atoms with Crippen molar-refractivity contribution in [3.8, 4) is 0 Å². The predicted molar refractivity (Wildman–Crippen MR) is 33.4 cm³/mol. The van der Waals surface area contributed by atoms with Crippen molar-refractivity contribution in [1.82, 2.24) is 5.01 Å². The summed E-state index contributed by atoms with van der Waals surface area (Å²) in [5.74, 6) is 0. The SMILES string of the molecule is C=CN(CC)N=NC. The van der Waals surface area contributed by atoms with E-state index in [-0.39, 0.29) is 0 Å². The van der Waals surface area contributed by atoms with E-state index in [0.29, 0.717) is 0 Å². The fraction of sp³-hybridized carbons (Fsp3) is 0.600. The smallest absolute Gasteiger partial charge is 0.0509 e. The van der Waals surface area contributed by atoms with Crippen LogP contribution in [0.25, 0.3) is 0 Å². The van der Waals surface area contributed by atoms with E-state index in [1.807, 2.05) is 6.92 Å². The fourth-order valence-electron chi connectivity index (χ4n) is 0.344. The van der Waals surface area contributed by atoms with E-state index < -0.39 is 0 Å². The van der Waals surface area contributed by atoms with Gasteiger partial charge in [-0.05, 0) is 6.92 Å². The molecule has 8 heavy (non-hydrogen) atoms. The Morgan fingerprint density at radius 1 is 1.75 bits per heavy atom. The maximum Gasteiger partial charge on any atom is 0.0509 e. The van der Waals surface area contributed by atoms with E-state index in [2.05, 4.69) is 16.9 Å². The average molecular weight is 113 g/mol. The van der Waals surface area contributed by atoms with Crippen LogP contribution in [-0.4, -0.2) is 18.6 Å². The lowest BCUT2D eigenvalue weighted by Crippen LogP contribution is -2.05. The first-order chi connectivity index (χ1) is 3.85. The molecule has 0 aromatic heterocycles. The van der Waals surface area contributed by atoms with Crippen LogP contribution in [0.1, 0.15) is 6.92 Å². The van der Waals surface area contributed by atoms with Crippen molar-refractivity contribution in [2.24, 2.45) is 10.3 Å². The number of hydrogen-bond donors (Lipinski definition) is 0. The highest BCUT2D eigenvalue weighted by Crippen LogP contribution is 1.86. The lowest BCUT2D eigenvalue weighted by Gasteiger charge is -2.05. The lowest BCUT2D eigenvalue weighted by molar-refractivity contribution is 0.393. The molecule has 46 valence electrons. The summed E-state index contributed by atoms with van der Waals surface area (Å²) in [6, 6.07) is 0. The van der Waals surface area contributed by atoms with Crippen LogP contribution in [0.2, 0.25) is 0 Å². The van der Waals surface area contributed by atoms with Gasteiger partial charge in [-0.3, -0.25) is 5.01 Å². The molecule has 0 saturated heterocycles. The minimum absolute atomic E-state index is 0.820. The molecule has 0 rings (SSSR count). The molecule has 0 spiro atoms. The third kappa shape index (κ3) is 2.34. The molecule has 0 fully saturated rings. The molecule has 0 N–H and O–H groups in total. The van der Waals surface area contributed by atoms with Gasteiger partial charge in [0.1, 0.15) is 0 Å². The molecule has 0 aliphatic heterocycles. The summed E-state index contributed by atoms with van der Waals surface area (Å²) in [6.45, 7) is 6.33. The Balaban J connectivity index is 3.52. The van der Waals surface area contributed by atoms with Crippen LogP contribution in [-0.2, 0) is 0 Å². The molecule has 0 aromatic rings. The van der Waals surface area contributed by atoms with Crippen LogP contribution in [0.4, 0.5) is 0 Å². The monoisotopic (exact) mass is 113 g/mol. The van der Waals surface area contributed by atoms with Crippen molar-refractivity contribution in [3.63, 3.8) is 0 Å². The molecular weight excluding hydrogens is 102 g/mol. The molecule has 0 bridgehead atoms. The van der Waals surface area contributed by atoms with E-state index >= 15 is 0 Å². The van der Waals surface area contributed by atoms with Gasteiger partial charge in [-0.2, -0.15) is 5.11 Å². The largest absolute Gasteiger partial charge is 0.255 e. The fourth-order valence-corrected chi connectivity index (χ4v) is 0.344. The zero-order chi connectivity index (χ0) is 6.41. The highest BCUT2D eigenvalue weighted by Gasteiger charge is 1.83. The van der Waals surface area contributed by atoms with Crippen molar-refractivity contribution in [3.05, 3.63) is 12.8 Å². The van der Waals surface area contributed by atoms with E-state index in [1.165, 1.54) is 0 Å². The summed E-state index contributed by atoms with van der Waals surface area (Å²) in [4.78, 5) is 0. The van der Waals surface area contributed by atoms with Gasteiger partial charge in [0.05, 0.1) is 7.05 Å². The Hall–Kier alpha value is -0.860. The van der Waals surface area contributed by atoms with Gasteiger partial charge in [0.25, 0.3) is 0 Å². The summed E-state index contributed by atoms with van der Waals surface area (Å²) in [5.41, 5.74) is 0. The van der Waals surface area contributed by atoms with E-state index in [9.17, 15) is 0 Å². The third-order valence-corrected chi connectivity index (χ3v) is 0.739. The lowest BCUT2D eigenvalue weighted by atomic mass is 10.7. The normalized spacial score (nSPS) is 9.75. The number of nitrogens with zero attached hydrogens (tertiary/aromatic N) is 3. The van der Waals surface area contributed by atoms with Crippen LogP contribution in [0.5, 0.6) is 0 Å². The second-order valence-corrected chi connectivity index (χ2v) is 1.23. The van der Waals surface area contributed by atoms with Crippen LogP contribution >= 0.6 is 0 Å². The van der Waals surface area contributed by atoms with Crippen molar-refractivity contribution < 1.29 is 0 Å². The molecular formula is C5H11N3. The molecule has 0 aliphatic rings. The molecule has 0 aromatic carbocycles. The Morgan fingerprint density at radius 2 is 2.38 bits per heavy atom. The quantitative estimate of drug-likeness (QED) is 0.402. The standard InChI is InChI=1S/C5H11N3/c1-4-8(5-2)7-6-3/h4H,1,5H2,2-3H3. The molecule has 0 amide bonds. The molecule has 0 aliphatic carbocycles. The van der Waals surface area contributed by atoms with E-state index in [1.54, 1.807) is 18.3 Å². The number of rotatable bonds is 3. The zero-order valence-electron chi connectivity index (χ0n) is 5.33. The van der Waals surface area contributed by atoms with Crippen molar-refractivity contribution in [1.29, 1.82) is 0 Å². The predicted octanol–water partition coefficient (Wildman–Crippen LogP) is 1.45.